The molecule has 0 aliphatic heterocycles. The maximum absolute atomic E-state index is 12.3. The first-order valence-corrected chi connectivity index (χ1v) is 10.4. The number of amides is 2. The Bertz CT molecular complexity index is 679. The summed E-state index contributed by atoms with van der Waals surface area (Å²) >= 11 is 0. The summed E-state index contributed by atoms with van der Waals surface area (Å²) in [5.41, 5.74) is 0.906. The van der Waals surface area contributed by atoms with Crippen molar-refractivity contribution in [2.24, 2.45) is 0 Å². The van der Waals surface area contributed by atoms with Crippen molar-refractivity contribution in [1.82, 2.24) is 5.32 Å². The molecule has 6 nitrogen and oxygen atoms in total. The Morgan fingerprint density at radius 2 is 1.71 bits per heavy atom. The number of hydrogen-bond acceptors (Lipinski definition) is 4. The highest BCUT2D eigenvalue weighted by atomic mass is 16.5. The predicted molar refractivity (Wildman–Crippen MR) is 110 cm³/mol. The molecule has 0 atom stereocenters. The average molecular weight is 389 g/mol. The summed E-state index contributed by atoms with van der Waals surface area (Å²) in [5, 5.41) is 5.82. The molecule has 154 valence electrons. The maximum atomic E-state index is 12.3. The standard InChI is InChI=1S/C22H32N2O4/c1-3-9-21(26)24-18-12-13-20(19(14-18)16(2)25)28-15-22(27)23-17-10-7-5-4-6-8-11-17/h12-14,17H,3-11,15H2,1-2H3,(H,23,27)(H,24,26). The van der Waals surface area contributed by atoms with Gasteiger partial charge in [-0.25, -0.2) is 0 Å². The minimum Gasteiger partial charge on any atom is -0.483 e. The van der Waals surface area contributed by atoms with Gasteiger partial charge in [0.2, 0.25) is 5.91 Å². The third-order valence-corrected chi connectivity index (χ3v) is 4.95. The summed E-state index contributed by atoms with van der Waals surface area (Å²) in [6.45, 7) is 3.24. The summed E-state index contributed by atoms with van der Waals surface area (Å²) in [4.78, 5) is 36.0. The molecular formula is C22H32N2O4. The van der Waals surface area contributed by atoms with Crippen molar-refractivity contribution in [1.29, 1.82) is 0 Å². The minimum atomic E-state index is -0.179. The van der Waals surface area contributed by atoms with Crippen LogP contribution in [0.2, 0.25) is 0 Å². The molecule has 0 radical (unpaired) electrons. The molecule has 0 bridgehead atoms. The molecule has 1 saturated carbocycles. The fraction of sp³-hybridized carbons (Fsp3) is 0.591. The monoisotopic (exact) mass is 388 g/mol. The fourth-order valence-electron chi connectivity index (χ4n) is 3.47. The van der Waals surface area contributed by atoms with Crippen LogP contribution in [-0.4, -0.2) is 30.2 Å². The summed E-state index contributed by atoms with van der Waals surface area (Å²) in [6, 6.07) is 5.11. The van der Waals surface area contributed by atoms with E-state index in [9.17, 15) is 14.4 Å². The minimum absolute atomic E-state index is 0.0933. The van der Waals surface area contributed by atoms with E-state index in [0.29, 0.717) is 23.4 Å². The van der Waals surface area contributed by atoms with Crippen molar-refractivity contribution in [2.45, 2.75) is 77.7 Å². The molecule has 2 rings (SSSR count). The van der Waals surface area contributed by atoms with Gasteiger partial charge in [-0.2, -0.15) is 0 Å². The fourth-order valence-corrected chi connectivity index (χ4v) is 3.47. The quantitative estimate of drug-likeness (QED) is 0.653. The number of anilines is 1. The van der Waals surface area contributed by atoms with Crippen LogP contribution in [0.3, 0.4) is 0 Å². The second-order valence-corrected chi connectivity index (χ2v) is 7.46. The molecule has 0 unspecified atom stereocenters. The van der Waals surface area contributed by atoms with Crippen molar-refractivity contribution in [3.63, 3.8) is 0 Å². The Kier molecular flexibility index (Phi) is 8.98. The number of Topliss-reactive ketones (excluding diaryl/α,β-unsaturated/α-hetero) is 1. The van der Waals surface area contributed by atoms with E-state index in [1.165, 1.54) is 26.2 Å². The molecule has 28 heavy (non-hydrogen) atoms. The molecule has 1 aromatic carbocycles. The maximum Gasteiger partial charge on any atom is 0.258 e. The van der Waals surface area contributed by atoms with Gasteiger partial charge in [0, 0.05) is 18.2 Å². The van der Waals surface area contributed by atoms with Gasteiger partial charge in [0.25, 0.3) is 5.91 Å². The normalized spacial score (nSPS) is 15.2. The lowest BCUT2D eigenvalue weighted by atomic mass is 9.97. The Labute approximate surface area is 167 Å². The lowest BCUT2D eigenvalue weighted by molar-refractivity contribution is -0.124. The van der Waals surface area contributed by atoms with E-state index in [2.05, 4.69) is 10.6 Å². The van der Waals surface area contributed by atoms with Crippen molar-refractivity contribution >= 4 is 23.3 Å². The zero-order valence-electron chi connectivity index (χ0n) is 17.0. The molecule has 0 spiro atoms. The molecule has 1 aliphatic rings. The molecule has 0 aromatic heterocycles. The van der Waals surface area contributed by atoms with Gasteiger partial charge in [-0.15, -0.1) is 0 Å². The number of ether oxygens (including phenoxy) is 1. The van der Waals surface area contributed by atoms with E-state index in [1.807, 2.05) is 6.92 Å². The molecule has 2 amide bonds. The molecule has 1 fully saturated rings. The number of carbonyl (C=O) groups is 3. The largest absolute Gasteiger partial charge is 0.483 e. The molecule has 6 heteroatoms. The van der Waals surface area contributed by atoms with Crippen molar-refractivity contribution in [3.05, 3.63) is 23.8 Å². The van der Waals surface area contributed by atoms with Gasteiger partial charge in [-0.3, -0.25) is 14.4 Å². The van der Waals surface area contributed by atoms with Crippen LogP contribution in [0.25, 0.3) is 0 Å². The van der Waals surface area contributed by atoms with Crippen LogP contribution < -0.4 is 15.4 Å². The second kappa shape index (κ2) is 11.5. The SMILES string of the molecule is CCCC(=O)Nc1ccc(OCC(=O)NC2CCCCCCC2)c(C(C)=O)c1. The lowest BCUT2D eigenvalue weighted by Crippen LogP contribution is -2.38. The molecule has 1 aromatic rings. The molecule has 2 N–H and O–H groups in total. The summed E-state index contributed by atoms with van der Waals surface area (Å²) < 4.78 is 5.62. The highest BCUT2D eigenvalue weighted by Gasteiger charge is 2.16. The van der Waals surface area contributed by atoms with Gasteiger partial charge in [-0.05, 0) is 44.4 Å². The summed E-state index contributed by atoms with van der Waals surface area (Å²) in [6.07, 6.45) is 9.23. The molecule has 0 saturated heterocycles. The van der Waals surface area contributed by atoms with Gasteiger partial charge in [0.15, 0.2) is 12.4 Å². The topological polar surface area (TPSA) is 84.5 Å². The second-order valence-electron chi connectivity index (χ2n) is 7.46. The van der Waals surface area contributed by atoms with Crippen LogP contribution in [0.15, 0.2) is 18.2 Å². The summed E-state index contributed by atoms with van der Waals surface area (Å²) in [7, 11) is 0. The third kappa shape index (κ3) is 7.33. The van der Waals surface area contributed by atoms with Gasteiger partial charge in [0.1, 0.15) is 5.75 Å². The molecule has 1 aliphatic carbocycles. The predicted octanol–water partition coefficient (Wildman–Crippen LogP) is 4.24. The first-order chi connectivity index (χ1) is 13.5. The van der Waals surface area contributed by atoms with Crippen LogP contribution in [0.5, 0.6) is 5.75 Å². The Hall–Kier alpha value is -2.37. The first-order valence-electron chi connectivity index (χ1n) is 10.4. The highest BCUT2D eigenvalue weighted by molar-refractivity contribution is 5.99. The van der Waals surface area contributed by atoms with Crippen LogP contribution in [-0.2, 0) is 9.59 Å². The zero-order chi connectivity index (χ0) is 20.4. The molecular weight excluding hydrogens is 356 g/mol. The number of nitrogens with one attached hydrogen (secondary N) is 2. The van der Waals surface area contributed by atoms with E-state index in [-0.39, 0.29) is 30.2 Å². The number of carbonyl (C=O) groups excluding carboxylic acids is 3. The molecule has 0 heterocycles. The van der Waals surface area contributed by atoms with E-state index in [0.717, 1.165) is 32.1 Å². The van der Waals surface area contributed by atoms with Crippen molar-refractivity contribution in [3.8, 4) is 5.75 Å². The zero-order valence-corrected chi connectivity index (χ0v) is 17.0. The van der Waals surface area contributed by atoms with Crippen LogP contribution in [0.1, 0.15) is 82.0 Å². The Balaban J connectivity index is 1.93. The number of hydrogen-bond donors (Lipinski definition) is 2. The smallest absolute Gasteiger partial charge is 0.258 e. The first kappa shape index (κ1) is 21.9. The lowest BCUT2D eigenvalue weighted by Gasteiger charge is -2.21. The van der Waals surface area contributed by atoms with Crippen molar-refractivity contribution < 1.29 is 19.1 Å². The van der Waals surface area contributed by atoms with Crippen LogP contribution in [0, 0.1) is 0 Å². The highest BCUT2D eigenvalue weighted by Crippen LogP contribution is 2.24. The van der Waals surface area contributed by atoms with E-state index < -0.39 is 0 Å². The van der Waals surface area contributed by atoms with Gasteiger partial charge >= 0.3 is 0 Å². The van der Waals surface area contributed by atoms with Gasteiger partial charge in [0.05, 0.1) is 5.56 Å². The van der Waals surface area contributed by atoms with Gasteiger partial charge in [-0.1, -0.05) is 39.0 Å². The van der Waals surface area contributed by atoms with Gasteiger partial charge < -0.3 is 15.4 Å². The Morgan fingerprint density at radius 1 is 1.04 bits per heavy atom. The number of ketones is 1. The van der Waals surface area contributed by atoms with E-state index >= 15 is 0 Å². The number of benzene rings is 1. The van der Waals surface area contributed by atoms with E-state index in [4.69, 9.17) is 4.74 Å². The summed E-state index contributed by atoms with van der Waals surface area (Å²) in [5.74, 6) is -0.0829. The average Bonchev–Trinajstić information content (AvgIpc) is 2.62. The van der Waals surface area contributed by atoms with Crippen LogP contribution >= 0.6 is 0 Å². The number of rotatable bonds is 8. The van der Waals surface area contributed by atoms with Crippen molar-refractivity contribution in [2.75, 3.05) is 11.9 Å². The third-order valence-electron chi connectivity index (χ3n) is 4.95. The van der Waals surface area contributed by atoms with E-state index in [1.54, 1.807) is 18.2 Å². The van der Waals surface area contributed by atoms with Crippen LogP contribution in [0.4, 0.5) is 5.69 Å². The Morgan fingerprint density at radius 3 is 2.36 bits per heavy atom.